The highest BCUT2D eigenvalue weighted by molar-refractivity contribution is 6.02. The summed E-state index contributed by atoms with van der Waals surface area (Å²) in [6, 6.07) is 0.133. The first-order valence-electron chi connectivity index (χ1n) is 7.25. The van der Waals surface area contributed by atoms with Gasteiger partial charge in [0, 0.05) is 17.3 Å². The van der Waals surface area contributed by atoms with Gasteiger partial charge in [-0.2, -0.15) is 0 Å². The average Bonchev–Trinajstić information content (AvgIpc) is 2.62. The van der Waals surface area contributed by atoms with E-state index in [4.69, 9.17) is 0 Å². The van der Waals surface area contributed by atoms with Gasteiger partial charge in [-0.1, -0.05) is 13.8 Å². The molecule has 20 heavy (non-hydrogen) atoms. The van der Waals surface area contributed by atoms with Crippen LogP contribution >= 0.6 is 0 Å². The van der Waals surface area contributed by atoms with E-state index in [-0.39, 0.29) is 17.7 Å². The number of H-pyrrole nitrogens is 1. The molecule has 0 aliphatic carbocycles. The van der Waals surface area contributed by atoms with E-state index in [2.05, 4.69) is 24.1 Å². The molecule has 112 valence electrons. The maximum atomic E-state index is 12.3. The molecule has 4 nitrogen and oxygen atoms in total. The van der Waals surface area contributed by atoms with Gasteiger partial charge in [-0.05, 0) is 52.0 Å². The Morgan fingerprint density at radius 1 is 1.15 bits per heavy atom. The molecule has 0 aromatic carbocycles. The van der Waals surface area contributed by atoms with Crippen molar-refractivity contribution in [3.63, 3.8) is 0 Å². The molecular formula is C16H26N2O2. The number of aromatic amines is 1. The Morgan fingerprint density at radius 3 is 2.20 bits per heavy atom. The van der Waals surface area contributed by atoms with Crippen LogP contribution in [0.4, 0.5) is 0 Å². The minimum Gasteiger partial charge on any atom is -0.354 e. The van der Waals surface area contributed by atoms with Crippen LogP contribution in [0.3, 0.4) is 0 Å². The number of hydrogen-bond donors (Lipinski definition) is 2. The highest BCUT2D eigenvalue weighted by Gasteiger charge is 2.20. The molecule has 1 unspecified atom stereocenters. The molecule has 0 fully saturated rings. The molecule has 1 aromatic rings. The van der Waals surface area contributed by atoms with E-state index < -0.39 is 0 Å². The number of carbonyl (C=O) groups excluding carboxylic acids is 2. The molecule has 0 aliphatic rings. The van der Waals surface area contributed by atoms with Gasteiger partial charge in [-0.3, -0.25) is 9.59 Å². The summed E-state index contributed by atoms with van der Waals surface area (Å²) in [6.45, 7) is 11.5. The normalized spacial score (nSPS) is 12.6. The van der Waals surface area contributed by atoms with Crippen molar-refractivity contribution < 1.29 is 9.59 Å². The number of aryl methyl sites for hydroxylation is 1. The second-order valence-electron chi connectivity index (χ2n) is 6.03. The predicted molar refractivity (Wildman–Crippen MR) is 81.3 cm³/mol. The van der Waals surface area contributed by atoms with E-state index >= 15 is 0 Å². The average molecular weight is 278 g/mol. The van der Waals surface area contributed by atoms with Crippen molar-refractivity contribution in [1.29, 1.82) is 0 Å². The fourth-order valence-corrected chi connectivity index (χ4v) is 2.46. The number of Topliss-reactive ketones (excluding diaryl/α,β-unsaturated/α-hetero) is 1. The van der Waals surface area contributed by atoms with Crippen LogP contribution in [0.15, 0.2) is 0 Å². The Labute approximate surface area is 121 Å². The zero-order valence-electron chi connectivity index (χ0n) is 13.4. The predicted octanol–water partition coefficient (Wildman–Crippen LogP) is 3.39. The standard InChI is InChI=1S/C16H26N2O2/c1-9(2)7-8-10(3)17-16(20)15-11(4)14(13(6)19)12(5)18-15/h9-10,18H,7-8H2,1-6H3,(H,17,20). The number of rotatable bonds is 6. The van der Waals surface area contributed by atoms with Gasteiger partial charge < -0.3 is 10.3 Å². The summed E-state index contributed by atoms with van der Waals surface area (Å²) in [6.07, 6.45) is 2.05. The van der Waals surface area contributed by atoms with Crippen LogP contribution in [-0.2, 0) is 0 Å². The summed E-state index contributed by atoms with van der Waals surface area (Å²) in [4.78, 5) is 26.9. The number of aromatic nitrogens is 1. The summed E-state index contributed by atoms with van der Waals surface area (Å²) in [5.41, 5.74) is 2.63. The van der Waals surface area contributed by atoms with Crippen LogP contribution in [-0.4, -0.2) is 22.7 Å². The number of carbonyl (C=O) groups is 2. The fraction of sp³-hybridized carbons (Fsp3) is 0.625. The first kappa shape index (κ1) is 16.5. The minimum atomic E-state index is -0.130. The Balaban J connectivity index is 2.78. The van der Waals surface area contributed by atoms with Gasteiger partial charge in [0.1, 0.15) is 5.69 Å². The summed E-state index contributed by atoms with van der Waals surface area (Å²) in [5.74, 6) is 0.491. The summed E-state index contributed by atoms with van der Waals surface area (Å²) >= 11 is 0. The fourth-order valence-electron chi connectivity index (χ4n) is 2.46. The Hall–Kier alpha value is -1.58. The number of hydrogen-bond acceptors (Lipinski definition) is 2. The van der Waals surface area contributed by atoms with E-state index in [1.165, 1.54) is 6.92 Å². The molecule has 1 heterocycles. The molecule has 0 saturated heterocycles. The highest BCUT2D eigenvalue weighted by Crippen LogP contribution is 2.18. The quantitative estimate of drug-likeness (QED) is 0.783. The van der Waals surface area contributed by atoms with Gasteiger partial charge in [-0.15, -0.1) is 0 Å². The summed E-state index contributed by atoms with van der Waals surface area (Å²) in [7, 11) is 0. The van der Waals surface area contributed by atoms with Gasteiger partial charge in [0.25, 0.3) is 5.91 Å². The smallest absolute Gasteiger partial charge is 0.268 e. The van der Waals surface area contributed by atoms with E-state index in [9.17, 15) is 9.59 Å². The Bertz CT molecular complexity index is 501. The van der Waals surface area contributed by atoms with Crippen molar-refractivity contribution >= 4 is 11.7 Å². The lowest BCUT2D eigenvalue weighted by Crippen LogP contribution is -2.33. The Kier molecular flexibility index (Phi) is 5.54. The highest BCUT2D eigenvalue weighted by atomic mass is 16.2. The first-order chi connectivity index (χ1) is 9.23. The summed E-state index contributed by atoms with van der Waals surface area (Å²) < 4.78 is 0. The second kappa shape index (κ2) is 6.73. The minimum absolute atomic E-state index is 0.0110. The van der Waals surface area contributed by atoms with Crippen molar-refractivity contribution in [3.8, 4) is 0 Å². The lowest BCUT2D eigenvalue weighted by atomic mass is 10.0. The van der Waals surface area contributed by atoms with Gasteiger partial charge in [-0.25, -0.2) is 0 Å². The molecule has 1 atom stereocenters. The van der Waals surface area contributed by atoms with Crippen LogP contribution in [0.1, 0.15) is 72.6 Å². The third-order valence-electron chi connectivity index (χ3n) is 3.57. The molecule has 0 bridgehead atoms. The molecule has 1 aromatic heterocycles. The van der Waals surface area contributed by atoms with Crippen LogP contribution in [0.25, 0.3) is 0 Å². The van der Waals surface area contributed by atoms with Crippen molar-refractivity contribution in [1.82, 2.24) is 10.3 Å². The van der Waals surface area contributed by atoms with Crippen LogP contribution in [0.2, 0.25) is 0 Å². The van der Waals surface area contributed by atoms with Gasteiger partial charge in [0.2, 0.25) is 0 Å². The number of nitrogens with one attached hydrogen (secondary N) is 2. The molecule has 1 amide bonds. The largest absolute Gasteiger partial charge is 0.354 e. The van der Waals surface area contributed by atoms with Gasteiger partial charge in [0.15, 0.2) is 5.78 Å². The molecule has 0 radical (unpaired) electrons. The molecule has 4 heteroatoms. The van der Waals surface area contributed by atoms with E-state index in [1.807, 2.05) is 20.8 Å². The monoisotopic (exact) mass is 278 g/mol. The van der Waals surface area contributed by atoms with E-state index in [0.29, 0.717) is 17.2 Å². The molecule has 2 N–H and O–H groups in total. The lowest BCUT2D eigenvalue weighted by Gasteiger charge is -2.15. The number of ketones is 1. The van der Waals surface area contributed by atoms with Gasteiger partial charge >= 0.3 is 0 Å². The summed E-state index contributed by atoms with van der Waals surface area (Å²) in [5, 5.41) is 2.99. The lowest BCUT2D eigenvalue weighted by molar-refractivity contribution is 0.0932. The Morgan fingerprint density at radius 2 is 1.75 bits per heavy atom. The first-order valence-corrected chi connectivity index (χ1v) is 7.25. The SMILES string of the molecule is CC(=O)c1c(C)[nH]c(C(=O)NC(C)CCC(C)C)c1C. The zero-order chi connectivity index (χ0) is 15.4. The van der Waals surface area contributed by atoms with E-state index in [1.54, 1.807) is 0 Å². The second-order valence-corrected chi connectivity index (χ2v) is 6.03. The van der Waals surface area contributed by atoms with Crippen LogP contribution < -0.4 is 5.32 Å². The van der Waals surface area contributed by atoms with E-state index in [0.717, 1.165) is 24.1 Å². The molecule has 0 saturated carbocycles. The van der Waals surface area contributed by atoms with Crippen molar-refractivity contribution in [2.75, 3.05) is 0 Å². The molecule has 0 aliphatic heterocycles. The number of amides is 1. The van der Waals surface area contributed by atoms with Crippen molar-refractivity contribution in [2.24, 2.45) is 5.92 Å². The van der Waals surface area contributed by atoms with Crippen LogP contribution in [0, 0.1) is 19.8 Å². The molecular weight excluding hydrogens is 252 g/mol. The van der Waals surface area contributed by atoms with Crippen LogP contribution in [0.5, 0.6) is 0 Å². The third kappa shape index (κ3) is 3.95. The third-order valence-corrected chi connectivity index (χ3v) is 3.57. The maximum absolute atomic E-state index is 12.3. The van der Waals surface area contributed by atoms with Crippen molar-refractivity contribution in [3.05, 3.63) is 22.5 Å². The molecule has 1 rings (SSSR count). The molecule has 0 spiro atoms. The topological polar surface area (TPSA) is 62.0 Å². The maximum Gasteiger partial charge on any atom is 0.268 e. The van der Waals surface area contributed by atoms with Crippen molar-refractivity contribution in [2.45, 2.75) is 60.4 Å². The zero-order valence-corrected chi connectivity index (χ0v) is 13.4. The van der Waals surface area contributed by atoms with Gasteiger partial charge in [0.05, 0.1) is 0 Å².